The van der Waals surface area contributed by atoms with Crippen LogP contribution in [-0.4, -0.2) is 0 Å². The van der Waals surface area contributed by atoms with E-state index < -0.39 is 0 Å². The van der Waals surface area contributed by atoms with Crippen molar-refractivity contribution in [1.82, 2.24) is 0 Å². The zero-order valence-electron chi connectivity index (χ0n) is 6.69. The fourth-order valence-electron chi connectivity index (χ4n) is 1.71. The molecule has 1 unspecified atom stereocenters. The molecule has 1 aliphatic rings. The van der Waals surface area contributed by atoms with Gasteiger partial charge in [-0.3, -0.25) is 0 Å². The molecule has 0 aromatic heterocycles. The first-order valence-corrected chi connectivity index (χ1v) is 4.38. The lowest BCUT2D eigenvalue weighted by Gasteiger charge is -2.10. The smallest absolute Gasteiger partial charge is 0.0386 e. The SMILES string of the molecule is CCCC(CC)C1CC1. The predicted molar refractivity (Wildman–Crippen MR) is 41.4 cm³/mol. The van der Waals surface area contributed by atoms with Crippen molar-refractivity contribution in [2.24, 2.45) is 11.8 Å². The lowest BCUT2D eigenvalue weighted by Crippen LogP contribution is -1.99. The highest BCUT2D eigenvalue weighted by atomic mass is 14.3. The highest BCUT2D eigenvalue weighted by Gasteiger charge is 2.28. The van der Waals surface area contributed by atoms with E-state index >= 15 is 0 Å². The second-order valence-electron chi connectivity index (χ2n) is 3.29. The van der Waals surface area contributed by atoms with Gasteiger partial charge in [0, 0.05) is 0 Å². The largest absolute Gasteiger partial charge is 0.0654 e. The topological polar surface area (TPSA) is 0 Å². The Hall–Kier alpha value is 0. The van der Waals surface area contributed by atoms with E-state index in [4.69, 9.17) is 0 Å². The Bertz CT molecular complexity index is 72.1. The van der Waals surface area contributed by atoms with Crippen LogP contribution in [0.5, 0.6) is 0 Å². The van der Waals surface area contributed by atoms with Gasteiger partial charge in [-0.05, 0) is 24.7 Å². The van der Waals surface area contributed by atoms with E-state index in [1.807, 2.05) is 0 Å². The van der Waals surface area contributed by atoms with Gasteiger partial charge in [-0.1, -0.05) is 33.1 Å². The van der Waals surface area contributed by atoms with Crippen LogP contribution in [0.25, 0.3) is 0 Å². The molecule has 1 rings (SSSR count). The lowest BCUT2D eigenvalue weighted by atomic mass is 9.96. The molecule has 0 aliphatic heterocycles. The normalized spacial score (nSPS) is 22.0. The fraction of sp³-hybridized carbons (Fsp3) is 1.00. The summed E-state index contributed by atoms with van der Waals surface area (Å²) in [5.74, 6) is 2.21. The van der Waals surface area contributed by atoms with Crippen molar-refractivity contribution >= 4 is 0 Å². The number of hydrogen-bond donors (Lipinski definition) is 0. The third-order valence-electron chi connectivity index (χ3n) is 2.47. The van der Waals surface area contributed by atoms with Crippen molar-refractivity contribution < 1.29 is 0 Å². The Balaban J connectivity index is 2.12. The number of hydrogen-bond acceptors (Lipinski definition) is 0. The molecule has 0 saturated heterocycles. The van der Waals surface area contributed by atoms with E-state index in [1.165, 1.54) is 32.1 Å². The van der Waals surface area contributed by atoms with Crippen molar-refractivity contribution in [3.63, 3.8) is 0 Å². The molecule has 54 valence electrons. The van der Waals surface area contributed by atoms with Crippen molar-refractivity contribution in [2.75, 3.05) is 0 Å². The average molecular weight is 126 g/mol. The van der Waals surface area contributed by atoms with Crippen molar-refractivity contribution in [1.29, 1.82) is 0 Å². The van der Waals surface area contributed by atoms with Gasteiger partial charge in [-0.25, -0.2) is 0 Å². The third kappa shape index (κ3) is 2.00. The predicted octanol–water partition coefficient (Wildman–Crippen LogP) is 3.22. The minimum absolute atomic E-state index is 1.08. The minimum atomic E-state index is 1.08. The van der Waals surface area contributed by atoms with Gasteiger partial charge < -0.3 is 0 Å². The Morgan fingerprint density at radius 2 is 2.00 bits per heavy atom. The third-order valence-corrected chi connectivity index (χ3v) is 2.47. The van der Waals surface area contributed by atoms with Crippen molar-refractivity contribution in [2.45, 2.75) is 46.0 Å². The van der Waals surface area contributed by atoms with Crippen LogP contribution in [0.15, 0.2) is 0 Å². The minimum Gasteiger partial charge on any atom is -0.0654 e. The van der Waals surface area contributed by atoms with E-state index in [1.54, 1.807) is 0 Å². The molecule has 1 fully saturated rings. The van der Waals surface area contributed by atoms with E-state index in [9.17, 15) is 0 Å². The molecule has 0 amide bonds. The molecule has 1 aliphatic carbocycles. The van der Waals surface area contributed by atoms with Gasteiger partial charge in [0.25, 0.3) is 0 Å². The van der Waals surface area contributed by atoms with Crippen molar-refractivity contribution in [3.8, 4) is 0 Å². The molecule has 0 spiro atoms. The van der Waals surface area contributed by atoms with Crippen LogP contribution in [0, 0.1) is 11.8 Å². The summed E-state index contributed by atoms with van der Waals surface area (Å²) in [6.45, 7) is 4.63. The van der Waals surface area contributed by atoms with Crippen LogP contribution in [-0.2, 0) is 0 Å². The zero-order chi connectivity index (χ0) is 6.69. The maximum atomic E-state index is 2.33. The van der Waals surface area contributed by atoms with Crippen LogP contribution in [0.3, 0.4) is 0 Å². The first-order valence-electron chi connectivity index (χ1n) is 4.38. The molecular formula is C9H18. The summed E-state index contributed by atoms with van der Waals surface area (Å²) in [5.41, 5.74) is 0. The second-order valence-corrected chi connectivity index (χ2v) is 3.29. The van der Waals surface area contributed by atoms with E-state index in [0.717, 1.165) is 11.8 Å². The summed E-state index contributed by atoms with van der Waals surface area (Å²) in [6, 6.07) is 0. The molecule has 0 nitrogen and oxygen atoms in total. The summed E-state index contributed by atoms with van der Waals surface area (Å²) in [6.07, 6.45) is 7.33. The standard InChI is InChI=1S/C9H18/c1-3-5-8(4-2)9-6-7-9/h8-9H,3-7H2,1-2H3. The molecule has 0 aromatic carbocycles. The highest BCUT2D eigenvalue weighted by Crippen LogP contribution is 2.40. The molecule has 0 aromatic rings. The summed E-state index contributed by atoms with van der Waals surface area (Å²) in [4.78, 5) is 0. The van der Waals surface area contributed by atoms with E-state index in [0.29, 0.717) is 0 Å². The highest BCUT2D eigenvalue weighted by molar-refractivity contribution is 4.79. The van der Waals surface area contributed by atoms with Crippen LogP contribution in [0.2, 0.25) is 0 Å². The summed E-state index contributed by atoms with van der Waals surface area (Å²) in [5, 5.41) is 0. The molecule has 0 radical (unpaired) electrons. The molecular weight excluding hydrogens is 108 g/mol. The first-order chi connectivity index (χ1) is 4.38. The fourth-order valence-corrected chi connectivity index (χ4v) is 1.71. The molecule has 0 heteroatoms. The molecule has 1 atom stereocenters. The van der Waals surface area contributed by atoms with Gasteiger partial charge >= 0.3 is 0 Å². The second kappa shape index (κ2) is 3.24. The Kier molecular flexibility index (Phi) is 2.56. The van der Waals surface area contributed by atoms with Crippen LogP contribution < -0.4 is 0 Å². The van der Waals surface area contributed by atoms with E-state index in [-0.39, 0.29) is 0 Å². The van der Waals surface area contributed by atoms with Crippen LogP contribution >= 0.6 is 0 Å². The zero-order valence-corrected chi connectivity index (χ0v) is 6.69. The van der Waals surface area contributed by atoms with Gasteiger partial charge in [0.05, 0.1) is 0 Å². The molecule has 1 saturated carbocycles. The summed E-state index contributed by atoms with van der Waals surface area (Å²) < 4.78 is 0. The van der Waals surface area contributed by atoms with Gasteiger partial charge in [0.2, 0.25) is 0 Å². The van der Waals surface area contributed by atoms with Gasteiger partial charge in [-0.2, -0.15) is 0 Å². The lowest BCUT2D eigenvalue weighted by molar-refractivity contribution is 0.411. The quantitative estimate of drug-likeness (QED) is 0.542. The monoisotopic (exact) mass is 126 g/mol. The molecule has 0 bridgehead atoms. The Morgan fingerprint density at radius 3 is 2.33 bits per heavy atom. The average Bonchev–Trinajstić information content (AvgIpc) is 2.64. The molecule has 0 heterocycles. The maximum Gasteiger partial charge on any atom is -0.0386 e. The van der Waals surface area contributed by atoms with Crippen LogP contribution in [0.1, 0.15) is 46.0 Å². The molecule has 9 heavy (non-hydrogen) atoms. The summed E-state index contributed by atoms with van der Waals surface area (Å²) in [7, 11) is 0. The van der Waals surface area contributed by atoms with Gasteiger partial charge in [0.1, 0.15) is 0 Å². The van der Waals surface area contributed by atoms with Gasteiger partial charge in [-0.15, -0.1) is 0 Å². The Morgan fingerprint density at radius 1 is 1.33 bits per heavy atom. The first kappa shape index (κ1) is 7.11. The van der Waals surface area contributed by atoms with Gasteiger partial charge in [0.15, 0.2) is 0 Å². The maximum absolute atomic E-state index is 2.33. The van der Waals surface area contributed by atoms with E-state index in [2.05, 4.69) is 13.8 Å². The Labute approximate surface area is 58.7 Å². The summed E-state index contributed by atoms with van der Waals surface area (Å²) >= 11 is 0. The van der Waals surface area contributed by atoms with Crippen molar-refractivity contribution in [3.05, 3.63) is 0 Å². The number of rotatable bonds is 4. The molecule has 0 N–H and O–H groups in total. The van der Waals surface area contributed by atoms with Crippen LogP contribution in [0.4, 0.5) is 0 Å².